The summed E-state index contributed by atoms with van der Waals surface area (Å²) in [7, 11) is 0. The van der Waals surface area contributed by atoms with Crippen LogP contribution in [-0.2, 0) is 4.79 Å². The highest BCUT2D eigenvalue weighted by Crippen LogP contribution is 2.23. The van der Waals surface area contributed by atoms with Gasteiger partial charge in [-0.3, -0.25) is 4.79 Å². The van der Waals surface area contributed by atoms with Crippen LogP contribution >= 0.6 is 11.8 Å². The fourth-order valence-electron chi connectivity index (χ4n) is 2.46. The lowest BCUT2D eigenvalue weighted by Crippen LogP contribution is -2.48. The molecule has 0 aliphatic carbocycles. The summed E-state index contributed by atoms with van der Waals surface area (Å²) in [4.78, 5) is 14.3. The summed E-state index contributed by atoms with van der Waals surface area (Å²) in [5.41, 5.74) is 0. The molecule has 15 heavy (non-hydrogen) atoms. The van der Waals surface area contributed by atoms with Gasteiger partial charge in [0.25, 0.3) is 0 Å². The van der Waals surface area contributed by atoms with Gasteiger partial charge < -0.3 is 10.2 Å². The Morgan fingerprint density at radius 3 is 2.93 bits per heavy atom. The highest BCUT2D eigenvalue weighted by Gasteiger charge is 2.31. The third kappa shape index (κ3) is 2.48. The lowest BCUT2D eigenvalue weighted by atomic mass is 10.1. The van der Waals surface area contributed by atoms with Crippen molar-refractivity contribution in [3.63, 3.8) is 0 Å². The van der Waals surface area contributed by atoms with Gasteiger partial charge in [0.05, 0.1) is 6.04 Å². The van der Waals surface area contributed by atoms with E-state index in [0.717, 1.165) is 31.7 Å². The van der Waals surface area contributed by atoms with Crippen molar-refractivity contribution >= 4 is 17.7 Å². The number of hydrogen-bond donors (Lipinski definition) is 1. The molecule has 2 aliphatic rings. The molecule has 2 atom stereocenters. The van der Waals surface area contributed by atoms with Gasteiger partial charge in [-0.25, -0.2) is 0 Å². The van der Waals surface area contributed by atoms with E-state index in [4.69, 9.17) is 0 Å². The average molecular weight is 228 g/mol. The molecular formula is C11H20N2OS. The van der Waals surface area contributed by atoms with Crippen molar-refractivity contribution in [3.05, 3.63) is 0 Å². The molecule has 0 unspecified atom stereocenters. The molecule has 2 heterocycles. The number of rotatable bonds is 3. The zero-order valence-electron chi connectivity index (χ0n) is 9.37. The number of amides is 1. The van der Waals surface area contributed by atoms with Crippen molar-refractivity contribution in [1.82, 2.24) is 10.2 Å². The Kier molecular flexibility index (Phi) is 3.92. The summed E-state index contributed by atoms with van der Waals surface area (Å²) >= 11 is 1.97. The van der Waals surface area contributed by atoms with E-state index >= 15 is 0 Å². The molecule has 3 nitrogen and oxygen atoms in total. The van der Waals surface area contributed by atoms with Crippen molar-refractivity contribution < 1.29 is 4.79 Å². The van der Waals surface area contributed by atoms with Crippen LogP contribution < -0.4 is 5.32 Å². The number of nitrogens with one attached hydrogen (secondary N) is 1. The zero-order valence-corrected chi connectivity index (χ0v) is 10.2. The number of nitrogens with zero attached hydrogens (tertiary/aromatic N) is 1. The Morgan fingerprint density at radius 2 is 2.40 bits per heavy atom. The van der Waals surface area contributed by atoms with E-state index < -0.39 is 0 Å². The van der Waals surface area contributed by atoms with Crippen LogP contribution in [0.3, 0.4) is 0 Å². The molecule has 1 amide bonds. The number of carbonyl (C=O) groups is 1. The van der Waals surface area contributed by atoms with Gasteiger partial charge in [0.15, 0.2) is 0 Å². The van der Waals surface area contributed by atoms with E-state index in [9.17, 15) is 4.79 Å². The fourth-order valence-corrected chi connectivity index (χ4v) is 3.68. The van der Waals surface area contributed by atoms with E-state index in [2.05, 4.69) is 17.1 Å². The van der Waals surface area contributed by atoms with Crippen molar-refractivity contribution in [2.75, 3.05) is 24.6 Å². The Morgan fingerprint density at radius 1 is 1.53 bits per heavy atom. The summed E-state index contributed by atoms with van der Waals surface area (Å²) < 4.78 is 0. The van der Waals surface area contributed by atoms with Crippen molar-refractivity contribution in [1.29, 1.82) is 0 Å². The molecule has 0 radical (unpaired) electrons. The summed E-state index contributed by atoms with van der Waals surface area (Å²) in [5.74, 6) is 2.68. The molecule has 2 saturated heterocycles. The summed E-state index contributed by atoms with van der Waals surface area (Å²) in [5, 5.41) is 3.30. The number of carbonyl (C=O) groups excluding carboxylic acids is 1. The Hall–Kier alpha value is -0.220. The van der Waals surface area contributed by atoms with E-state index in [-0.39, 0.29) is 6.04 Å². The lowest BCUT2D eigenvalue weighted by Gasteiger charge is -2.29. The quantitative estimate of drug-likeness (QED) is 0.785. The first-order valence-electron chi connectivity index (χ1n) is 5.94. The van der Waals surface area contributed by atoms with Crippen LogP contribution in [0.5, 0.6) is 0 Å². The van der Waals surface area contributed by atoms with Gasteiger partial charge >= 0.3 is 0 Å². The highest BCUT2D eigenvalue weighted by atomic mass is 32.2. The lowest BCUT2D eigenvalue weighted by molar-refractivity contribution is -0.134. The predicted molar refractivity (Wildman–Crippen MR) is 64.1 cm³/mol. The molecule has 2 fully saturated rings. The maximum atomic E-state index is 12.2. The summed E-state index contributed by atoms with van der Waals surface area (Å²) in [6.07, 6.45) is 3.35. The standard InChI is InChI=1S/C11H20N2OS/c1-2-13(9-5-7-15-8-9)11(14)10-4-3-6-12-10/h9-10,12H,2-8H2,1H3/t9-,10+/m1/s1. The summed E-state index contributed by atoms with van der Waals surface area (Å²) in [6, 6.07) is 0.602. The molecule has 0 bridgehead atoms. The van der Waals surface area contributed by atoms with Crippen LogP contribution in [0.1, 0.15) is 26.2 Å². The molecule has 2 aliphatic heterocycles. The summed E-state index contributed by atoms with van der Waals surface area (Å²) in [6.45, 7) is 3.96. The smallest absolute Gasteiger partial charge is 0.239 e. The molecule has 86 valence electrons. The highest BCUT2D eigenvalue weighted by molar-refractivity contribution is 7.99. The van der Waals surface area contributed by atoms with Crippen LogP contribution in [-0.4, -0.2) is 47.5 Å². The minimum absolute atomic E-state index is 0.107. The molecule has 0 spiro atoms. The molecular weight excluding hydrogens is 208 g/mol. The Labute approximate surface area is 96.0 Å². The molecule has 0 aromatic rings. The Balaban J connectivity index is 1.95. The first-order valence-corrected chi connectivity index (χ1v) is 7.10. The average Bonchev–Trinajstić information content (AvgIpc) is 2.91. The van der Waals surface area contributed by atoms with Crippen molar-refractivity contribution in [3.8, 4) is 0 Å². The topological polar surface area (TPSA) is 32.3 Å². The van der Waals surface area contributed by atoms with Crippen LogP contribution in [0.25, 0.3) is 0 Å². The second kappa shape index (κ2) is 5.21. The van der Waals surface area contributed by atoms with E-state index in [0.29, 0.717) is 11.9 Å². The SMILES string of the molecule is CCN(C(=O)[C@@H]1CCCN1)[C@@H]1CCSC1. The van der Waals surface area contributed by atoms with Gasteiger partial charge in [-0.15, -0.1) is 0 Å². The maximum absolute atomic E-state index is 12.2. The van der Waals surface area contributed by atoms with Crippen LogP contribution in [0.2, 0.25) is 0 Å². The minimum atomic E-state index is 0.107. The van der Waals surface area contributed by atoms with Gasteiger partial charge in [-0.2, -0.15) is 11.8 Å². The third-order valence-corrected chi connectivity index (χ3v) is 4.47. The van der Waals surface area contributed by atoms with Gasteiger partial charge in [0.1, 0.15) is 0 Å². The van der Waals surface area contributed by atoms with Crippen molar-refractivity contribution in [2.45, 2.75) is 38.3 Å². The molecule has 0 saturated carbocycles. The van der Waals surface area contributed by atoms with E-state index in [1.54, 1.807) is 0 Å². The molecule has 0 aromatic heterocycles. The zero-order chi connectivity index (χ0) is 10.7. The second-order valence-corrected chi connectivity index (χ2v) is 5.44. The normalized spacial score (nSPS) is 30.7. The van der Waals surface area contributed by atoms with Crippen LogP contribution in [0.4, 0.5) is 0 Å². The predicted octanol–water partition coefficient (Wildman–Crippen LogP) is 1.09. The molecule has 4 heteroatoms. The number of hydrogen-bond acceptors (Lipinski definition) is 3. The first kappa shape index (κ1) is 11.3. The minimum Gasteiger partial charge on any atom is -0.338 e. The Bertz CT molecular complexity index is 223. The van der Waals surface area contributed by atoms with Gasteiger partial charge in [0, 0.05) is 18.3 Å². The maximum Gasteiger partial charge on any atom is 0.239 e. The molecule has 0 aromatic carbocycles. The van der Waals surface area contributed by atoms with Gasteiger partial charge in [-0.05, 0) is 38.5 Å². The van der Waals surface area contributed by atoms with Crippen LogP contribution in [0.15, 0.2) is 0 Å². The number of likely N-dealkylation sites (N-methyl/N-ethyl adjacent to an activating group) is 1. The second-order valence-electron chi connectivity index (χ2n) is 4.29. The molecule has 1 N–H and O–H groups in total. The number of thioether (sulfide) groups is 1. The monoisotopic (exact) mass is 228 g/mol. The van der Waals surface area contributed by atoms with Crippen molar-refractivity contribution in [2.24, 2.45) is 0 Å². The van der Waals surface area contributed by atoms with Gasteiger partial charge in [-0.1, -0.05) is 0 Å². The van der Waals surface area contributed by atoms with E-state index in [1.807, 2.05) is 11.8 Å². The van der Waals surface area contributed by atoms with Gasteiger partial charge in [0.2, 0.25) is 5.91 Å². The first-order chi connectivity index (χ1) is 7.33. The molecule has 2 rings (SSSR count). The largest absolute Gasteiger partial charge is 0.338 e. The fraction of sp³-hybridized carbons (Fsp3) is 0.909. The third-order valence-electron chi connectivity index (χ3n) is 3.33. The van der Waals surface area contributed by atoms with Crippen LogP contribution in [0, 0.1) is 0 Å². The van der Waals surface area contributed by atoms with E-state index in [1.165, 1.54) is 12.2 Å².